The highest BCUT2D eigenvalue weighted by Crippen LogP contribution is 2.28. The highest BCUT2D eigenvalue weighted by atomic mass is 16.1. The SMILES string of the molecule is CCC(C)(C)c1cc(N2CCC2)cn(C)c1=O. The Kier molecular flexibility index (Phi) is 3.02. The zero-order valence-electron chi connectivity index (χ0n) is 11.3. The van der Waals surface area contributed by atoms with Crippen LogP contribution in [-0.4, -0.2) is 17.7 Å². The fourth-order valence-electron chi connectivity index (χ4n) is 2.12. The standard InChI is InChI=1S/C14H22N2O/c1-5-14(2,3)12-9-11(16-7-6-8-16)10-15(4)13(12)17/h9-10H,5-8H2,1-4H3. The molecule has 1 fully saturated rings. The minimum absolute atomic E-state index is 0.0459. The minimum Gasteiger partial charge on any atom is -0.370 e. The van der Waals surface area contributed by atoms with Gasteiger partial charge < -0.3 is 9.47 Å². The van der Waals surface area contributed by atoms with Gasteiger partial charge in [-0.3, -0.25) is 4.79 Å². The number of pyridine rings is 1. The van der Waals surface area contributed by atoms with E-state index in [4.69, 9.17) is 0 Å². The molecule has 0 aromatic carbocycles. The molecule has 3 nitrogen and oxygen atoms in total. The van der Waals surface area contributed by atoms with Gasteiger partial charge in [-0.25, -0.2) is 0 Å². The van der Waals surface area contributed by atoms with Gasteiger partial charge in [-0.05, 0) is 24.3 Å². The number of anilines is 1. The van der Waals surface area contributed by atoms with Gasteiger partial charge in [0, 0.05) is 31.9 Å². The Morgan fingerprint density at radius 1 is 1.35 bits per heavy atom. The van der Waals surface area contributed by atoms with Crippen molar-refractivity contribution in [2.45, 2.75) is 39.0 Å². The number of aromatic nitrogens is 1. The monoisotopic (exact) mass is 234 g/mol. The first-order valence-corrected chi connectivity index (χ1v) is 6.42. The molecule has 0 atom stereocenters. The van der Waals surface area contributed by atoms with E-state index in [1.54, 1.807) is 4.57 Å². The van der Waals surface area contributed by atoms with Gasteiger partial charge in [0.15, 0.2) is 0 Å². The molecule has 1 aliphatic heterocycles. The summed E-state index contributed by atoms with van der Waals surface area (Å²) in [5.41, 5.74) is 2.22. The van der Waals surface area contributed by atoms with Crippen molar-refractivity contribution >= 4 is 5.69 Å². The Labute approximate surface area is 103 Å². The van der Waals surface area contributed by atoms with Crippen LogP contribution in [-0.2, 0) is 12.5 Å². The average Bonchev–Trinajstić information content (AvgIpc) is 2.20. The fourth-order valence-corrected chi connectivity index (χ4v) is 2.12. The van der Waals surface area contributed by atoms with Crippen molar-refractivity contribution in [3.05, 3.63) is 28.2 Å². The molecule has 2 heterocycles. The first kappa shape index (κ1) is 12.2. The van der Waals surface area contributed by atoms with Crippen molar-refractivity contribution in [1.82, 2.24) is 4.57 Å². The molecule has 94 valence electrons. The lowest BCUT2D eigenvalue weighted by molar-refractivity contribution is 0.494. The number of nitrogens with zero attached hydrogens (tertiary/aromatic N) is 2. The molecular weight excluding hydrogens is 212 g/mol. The van der Waals surface area contributed by atoms with Crippen LogP contribution in [0.2, 0.25) is 0 Å². The average molecular weight is 234 g/mol. The molecule has 17 heavy (non-hydrogen) atoms. The molecule has 0 radical (unpaired) electrons. The van der Waals surface area contributed by atoms with E-state index in [2.05, 4.69) is 31.7 Å². The maximum Gasteiger partial charge on any atom is 0.254 e. The Morgan fingerprint density at radius 2 is 2.00 bits per heavy atom. The third kappa shape index (κ3) is 2.11. The van der Waals surface area contributed by atoms with Gasteiger partial charge in [0.1, 0.15) is 0 Å². The van der Waals surface area contributed by atoms with Crippen molar-refractivity contribution in [3.63, 3.8) is 0 Å². The van der Waals surface area contributed by atoms with Gasteiger partial charge in [-0.15, -0.1) is 0 Å². The van der Waals surface area contributed by atoms with E-state index in [0.29, 0.717) is 0 Å². The Hall–Kier alpha value is -1.25. The molecule has 1 aromatic heterocycles. The zero-order valence-corrected chi connectivity index (χ0v) is 11.3. The highest BCUT2D eigenvalue weighted by molar-refractivity contribution is 5.49. The lowest BCUT2D eigenvalue weighted by atomic mass is 9.82. The van der Waals surface area contributed by atoms with E-state index >= 15 is 0 Å². The second-order valence-corrected chi connectivity index (χ2v) is 5.61. The van der Waals surface area contributed by atoms with Gasteiger partial charge in [0.2, 0.25) is 0 Å². The summed E-state index contributed by atoms with van der Waals surface area (Å²) in [6.45, 7) is 8.65. The maximum absolute atomic E-state index is 12.2. The molecule has 1 aliphatic rings. The maximum atomic E-state index is 12.2. The molecule has 0 bridgehead atoms. The topological polar surface area (TPSA) is 25.2 Å². The van der Waals surface area contributed by atoms with Crippen LogP contribution < -0.4 is 10.5 Å². The summed E-state index contributed by atoms with van der Waals surface area (Å²) in [6.07, 6.45) is 4.19. The molecule has 0 unspecified atom stereocenters. The fraction of sp³-hybridized carbons (Fsp3) is 0.643. The molecular formula is C14H22N2O. The van der Waals surface area contributed by atoms with Crippen LogP contribution >= 0.6 is 0 Å². The predicted molar refractivity (Wildman–Crippen MR) is 71.8 cm³/mol. The molecule has 3 heteroatoms. The first-order chi connectivity index (χ1) is 7.95. The van der Waals surface area contributed by atoms with Crippen molar-refractivity contribution < 1.29 is 0 Å². The number of hydrogen-bond donors (Lipinski definition) is 0. The van der Waals surface area contributed by atoms with Gasteiger partial charge in [-0.2, -0.15) is 0 Å². The molecule has 2 rings (SSSR count). The Morgan fingerprint density at radius 3 is 2.47 bits per heavy atom. The second-order valence-electron chi connectivity index (χ2n) is 5.61. The van der Waals surface area contributed by atoms with E-state index in [1.165, 1.54) is 12.1 Å². The summed E-state index contributed by atoms with van der Waals surface area (Å²) >= 11 is 0. The molecule has 0 amide bonds. The van der Waals surface area contributed by atoms with Crippen LogP contribution in [0.1, 0.15) is 39.2 Å². The predicted octanol–water partition coefficient (Wildman–Crippen LogP) is 2.28. The van der Waals surface area contributed by atoms with Crippen molar-refractivity contribution in [2.75, 3.05) is 18.0 Å². The third-order valence-electron chi connectivity index (χ3n) is 4.00. The lowest BCUT2D eigenvalue weighted by Gasteiger charge is -2.34. The summed E-state index contributed by atoms with van der Waals surface area (Å²) in [7, 11) is 1.85. The molecule has 0 spiro atoms. The third-order valence-corrected chi connectivity index (χ3v) is 4.00. The van der Waals surface area contributed by atoms with Crippen LogP contribution in [0, 0.1) is 0 Å². The smallest absolute Gasteiger partial charge is 0.254 e. The minimum atomic E-state index is -0.0459. The highest BCUT2D eigenvalue weighted by Gasteiger charge is 2.25. The number of rotatable bonds is 3. The van der Waals surface area contributed by atoms with E-state index in [1.807, 2.05) is 13.2 Å². The summed E-state index contributed by atoms with van der Waals surface area (Å²) in [5, 5.41) is 0. The quantitative estimate of drug-likeness (QED) is 0.801. The van der Waals surface area contributed by atoms with Gasteiger partial charge >= 0.3 is 0 Å². The normalized spacial score (nSPS) is 15.9. The largest absolute Gasteiger partial charge is 0.370 e. The van der Waals surface area contributed by atoms with E-state index < -0.39 is 0 Å². The van der Waals surface area contributed by atoms with Gasteiger partial charge in [0.05, 0.1) is 5.69 Å². The van der Waals surface area contributed by atoms with Crippen LogP contribution in [0.4, 0.5) is 5.69 Å². The Bertz CT molecular complexity index is 470. The summed E-state index contributed by atoms with van der Waals surface area (Å²) in [6, 6.07) is 2.09. The zero-order chi connectivity index (χ0) is 12.6. The molecule has 1 aromatic rings. The van der Waals surface area contributed by atoms with Gasteiger partial charge in [-0.1, -0.05) is 20.8 Å². The summed E-state index contributed by atoms with van der Waals surface area (Å²) in [5.74, 6) is 0. The van der Waals surface area contributed by atoms with Crippen molar-refractivity contribution in [3.8, 4) is 0 Å². The lowest BCUT2D eigenvalue weighted by Crippen LogP contribution is -2.39. The summed E-state index contributed by atoms with van der Waals surface area (Å²) in [4.78, 5) is 14.5. The van der Waals surface area contributed by atoms with Crippen LogP contribution in [0.3, 0.4) is 0 Å². The number of aryl methyl sites for hydroxylation is 1. The Balaban J connectivity index is 2.50. The van der Waals surface area contributed by atoms with E-state index in [9.17, 15) is 4.79 Å². The van der Waals surface area contributed by atoms with Crippen LogP contribution in [0.15, 0.2) is 17.1 Å². The van der Waals surface area contributed by atoms with Crippen LogP contribution in [0.25, 0.3) is 0 Å². The first-order valence-electron chi connectivity index (χ1n) is 6.42. The van der Waals surface area contributed by atoms with E-state index in [-0.39, 0.29) is 11.0 Å². The summed E-state index contributed by atoms with van der Waals surface area (Å²) < 4.78 is 1.72. The molecule has 0 aliphatic carbocycles. The van der Waals surface area contributed by atoms with Crippen molar-refractivity contribution in [2.24, 2.45) is 7.05 Å². The molecule has 0 saturated carbocycles. The molecule has 0 N–H and O–H groups in total. The van der Waals surface area contributed by atoms with E-state index in [0.717, 1.165) is 25.1 Å². The molecule has 1 saturated heterocycles. The second kappa shape index (κ2) is 4.21. The number of hydrogen-bond acceptors (Lipinski definition) is 2. The van der Waals surface area contributed by atoms with Crippen LogP contribution in [0.5, 0.6) is 0 Å². The van der Waals surface area contributed by atoms with Crippen molar-refractivity contribution in [1.29, 1.82) is 0 Å². The van der Waals surface area contributed by atoms with Gasteiger partial charge in [0.25, 0.3) is 5.56 Å².